The highest BCUT2D eigenvalue weighted by molar-refractivity contribution is 5.92. The van der Waals surface area contributed by atoms with Crippen molar-refractivity contribution in [2.45, 2.75) is 13.0 Å². The Morgan fingerprint density at radius 1 is 1.57 bits per heavy atom. The van der Waals surface area contributed by atoms with Gasteiger partial charge in [0.2, 0.25) is 0 Å². The molecule has 0 amide bonds. The number of hydrogen-bond donors (Lipinski definition) is 2. The second kappa shape index (κ2) is 3.97. The summed E-state index contributed by atoms with van der Waals surface area (Å²) in [5, 5.41) is 8.79. The Hall–Kier alpha value is -1.75. The Labute approximate surface area is 80.6 Å². The molecule has 0 aliphatic carbocycles. The van der Waals surface area contributed by atoms with E-state index in [2.05, 4.69) is 4.98 Å². The minimum atomic E-state index is -1.13. The third kappa shape index (κ3) is 1.94. The lowest BCUT2D eigenvalue weighted by Crippen LogP contribution is -2.22. The lowest BCUT2D eigenvalue weighted by Gasteiger charge is -2.09. The minimum absolute atomic E-state index is 0.0322. The van der Waals surface area contributed by atoms with Crippen molar-refractivity contribution in [2.75, 3.05) is 0 Å². The molecular formula is C9H10N2O3. The molecule has 5 heteroatoms. The molecule has 0 aromatic carbocycles. The van der Waals surface area contributed by atoms with Crippen LogP contribution in [-0.4, -0.2) is 21.8 Å². The van der Waals surface area contributed by atoms with Gasteiger partial charge in [0.1, 0.15) is 6.04 Å². The fourth-order valence-electron chi connectivity index (χ4n) is 1.04. The Morgan fingerprint density at radius 2 is 2.21 bits per heavy atom. The largest absolute Gasteiger partial charge is 0.478 e. The quantitative estimate of drug-likeness (QED) is 0.725. The molecule has 1 atom stereocenters. The first-order chi connectivity index (χ1) is 6.54. The number of aromatic carboxylic acids is 1. The molecule has 0 bridgehead atoms. The number of Topliss-reactive ketones (excluding diaryl/α,β-unsaturated/α-hetero) is 1. The van der Waals surface area contributed by atoms with Gasteiger partial charge in [0, 0.05) is 6.20 Å². The van der Waals surface area contributed by atoms with E-state index in [9.17, 15) is 9.59 Å². The van der Waals surface area contributed by atoms with E-state index in [4.69, 9.17) is 10.8 Å². The lowest BCUT2D eigenvalue weighted by atomic mass is 10.1. The minimum Gasteiger partial charge on any atom is -0.478 e. The Kier molecular flexibility index (Phi) is 2.93. The van der Waals surface area contributed by atoms with Crippen LogP contribution < -0.4 is 5.73 Å². The molecule has 5 nitrogen and oxygen atoms in total. The third-order valence-electron chi connectivity index (χ3n) is 1.80. The maximum absolute atomic E-state index is 11.0. The number of carbonyl (C=O) groups excluding carboxylic acids is 1. The molecule has 0 fully saturated rings. The molecule has 0 radical (unpaired) electrons. The molecule has 0 saturated heterocycles. The highest BCUT2D eigenvalue weighted by atomic mass is 16.4. The zero-order chi connectivity index (χ0) is 10.7. The highest BCUT2D eigenvalue weighted by Gasteiger charge is 2.19. The molecule has 1 heterocycles. The van der Waals surface area contributed by atoms with Crippen LogP contribution in [0.3, 0.4) is 0 Å². The van der Waals surface area contributed by atoms with Crippen molar-refractivity contribution in [3.05, 3.63) is 29.6 Å². The monoisotopic (exact) mass is 194 g/mol. The van der Waals surface area contributed by atoms with E-state index in [-0.39, 0.29) is 17.0 Å². The molecule has 3 N–H and O–H groups in total. The van der Waals surface area contributed by atoms with Crippen LogP contribution in [0.5, 0.6) is 0 Å². The number of carbonyl (C=O) groups is 2. The number of ketones is 1. The zero-order valence-corrected chi connectivity index (χ0v) is 7.60. The Balaban J connectivity index is 3.19. The van der Waals surface area contributed by atoms with Crippen LogP contribution in [0.15, 0.2) is 18.3 Å². The van der Waals surface area contributed by atoms with Crippen LogP contribution >= 0.6 is 0 Å². The topological polar surface area (TPSA) is 93.3 Å². The molecule has 1 rings (SSSR count). The summed E-state index contributed by atoms with van der Waals surface area (Å²) in [6, 6.07) is 1.88. The SMILES string of the molecule is CC(=O)C(N)c1ncccc1C(=O)O. The smallest absolute Gasteiger partial charge is 0.337 e. The Bertz CT molecular complexity index is 376. The summed E-state index contributed by atoms with van der Waals surface area (Å²) >= 11 is 0. The van der Waals surface area contributed by atoms with Gasteiger partial charge in [-0.25, -0.2) is 4.79 Å². The standard InChI is InChI=1S/C9H10N2O3/c1-5(12)7(10)8-6(9(13)14)3-2-4-11-8/h2-4,7H,10H2,1H3,(H,13,14). The van der Waals surface area contributed by atoms with E-state index in [1.54, 1.807) is 0 Å². The van der Waals surface area contributed by atoms with Crippen molar-refractivity contribution in [2.24, 2.45) is 5.73 Å². The van der Waals surface area contributed by atoms with Gasteiger partial charge in [-0.2, -0.15) is 0 Å². The van der Waals surface area contributed by atoms with Crippen molar-refractivity contribution >= 4 is 11.8 Å². The van der Waals surface area contributed by atoms with Gasteiger partial charge in [-0.05, 0) is 19.1 Å². The molecule has 1 aromatic rings. The van der Waals surface area contributed by atoms with Gasteiger partial charge in [-0.15, -0.1) is 0 Å². The molecule has 0 spiro atoms. The number of hydrogen-bond acceptors (Lipinski definition) is 4. The van der Waals surface area contributed by atoms with Gasteiger partial charge >= 0.3 is 5.97 Å². The zero-order valence-electron chi connectivity index (χ0n) is 7.60. The van der Waals surface area contributed by atoms with Crippen molar-refractivity contribution in [3.63, 3.8) is 0 Å². The van der Waals surface area contributed by atoms with E-state index in [0.717, 1.165) is 0 Å². The van der Waals surface area contributed by atoms with Gasteiger partial charge in [0.25, 0.3) is 0 Å². The van der Waals surface area contributed by atoms with Gasteiger partial charge in [-0.1, -0.05) is 0 Å². The summed E-state index contributed by atoms with van der Waals surface area (Å²) in [5.74, 6) is -1.45. The fraction of sp³-hybridized carbons (Fsp3) is 0.222. The van der Waals surface area contributed by atoms with Crippen LogP contribution in [0, 0.1) is 0 Å². The number of carboxylic acids is 1. The predicted octanol–water partition coefficient (Wildman–Crippen LogP) is 0.369. The number of nitrogens with zero attached hydrogens (tertiary/aromatic N) is 1. The number of aromatic nitrogens is 1. The molecule has 1 unspecified atom stereocenters. The number of carboxylic acid groups (broad SMARTS) is 1. The molecule has 0 saturated carbocycles. The lowest BCUT2D eigenvalue weighted by molar-refractivity contribution is -0.118. The second-order valence-corrected chi connectivity index (χ2v) is 2.83. The molecule has 74 valence electrons. The summed E-state index contributed by atoms with van der Waals surface area (Å²) in [7, 11) is 0. The predicted molar refractivity (Wildman–Crippen MR) is 48.8 cm³/mol. The van der Waals surface area contributed by atoms with E-state index < -0.39 is 12.0 Å². The van der Waals surface area contributed by atoms with Gasteiger partial charge < -0.3 is 10.8 Å². The van der Waals surface area contributed by atoms with E-state index in [1.807, 2.05) is 0 Å². The molecular weight excluding hydrogens is 184 g/mol. The maximum atomic E-state index is 11.0. The first kappa shape index (κ1) is 10.3. The molecule has 0 aliphatic heterocycles. The molecule has 14 heavy (non-hydrogen) atoms. The van der Waals surface area contributed by atoms with Crippen molar-refractivity contribution in [3.8, 4) is 0 Å². The van der Waals surface area contributed by atoms with E-state index >= 15 is 0 Å². The number of rotatable bonds is 3. The Morgan fingerprint density at radius 3 is 2.71 bits per heavy atom. The van der Waals surface area contributed by atoms with E-state index in [1.165, 1.54) is 25.3 Å². The summed E-state index contributed by atoms with van der Waals surface area (Å²) in [5.41, 5.74) is 5.57. The van der Waals surface area contributed by atoms with Crippen LogP contribution in [-0.2, 0) is 4.79 Å². The normalized spacial score (nSPS) is 12.1. The van der Waals surface area contributed by atoms with Crippen LogP contribution in [0.1, 0.15) is 29.0 Å². The summed E-state index contributed by atoms with van der Waals surface area (Å²) in [6.45, 7) is 1.30. The van der Waals surface area contributed by atoms with E-state index in [0.29, 0.717) is 0 Å². The summed E-state index contributed by atoms with van der Waals surface area (Å²) in [6.07, 6.45) is 1.41. The number of pyridine rings is 1. The molecule has 0 aliphatic rings. The average Bonchev–Trinajstić information content (AvgIpc) is 2.16. The van der Waals surface area contributed by atoms with Gasteiger partial charge in [-0.3, -0.25) is 9.78 Å². The van der Waals surface area contributed by atoms with Crippen LogP contribution in [0.25, 0.3) is 0 Å². The highest BCUT2D eigenvalue weighted by Crippen LogP contribution is 2.13. The van der Waals surface area contributed by atoms with Crippen molar-refractivity contribution in [1.29, 1.82) is 0 Å². The maximum Gasteiger partial charge on any atom is 0.337 e. The van der Waals surface area contributed by atoms with Gasteiger partial charge in [0.15, 0.2) is 5.78 Å². The third-order valence-corrected chi connectivity index (χ3v) is 1.80. The first-order valence-electron chi connectivity index (χ1n) is 3.98. The van der Waals surface area contributed by atoms with Crippen LogP contribution in [0.2, 0.25) is 0 Å². The van der Waals surface area contributed by atoms with Crippen molar-refractivity contribution < 1.29 is 14.7 Å². The summed E-state index contributed by atoms with van der Waals surface area (Å²) < 4.78 is 0. The van der Waals surface area contributed by atoms with Crippen LogP contribution in [0.4, 0.5) is 0 Å². The summed E-state index contributed by atoms with van der Waals surface area (Å²) in [4.78, 5) is 25.5. The second-order valence-electron chi connectivity index (χ2n) is 2.83. The van der Waals surface area contributed by atoms with Crippen molar-refractivity contribution in [1.82, 2.24) is 4.98 Å². The molecule has 1 aromatic heterocycles. The number of nitrogens with two attached hydrogens (primary N) is 1. The first-order valence-corrected chi connectivity index (χ1v) is 3.98. The van der Waals surface area contributed by atoms with Gasteiger partial charge in [0.05, 0.1) is 11.3 Å². The average molecular weight is 194 g/mol. The fourth-order valence-corrected chi connectivity index (χ4v) is 1.04.